The molecule has 4 rings (SSSR count). The molecule has 1 aliphatic carbocycles. The van der Waals surface area contributed by atoms with E-state index in [0.717, 1.165) is 22.0 Å². The molecular formula is C21H21FN2O2S. The van der Waals surface area contributed by atoms with Crippen LogP contribution in [0.3, 0.4) is 0 Å². The molecule has 1 fully saturated rings. The number of furan rings is 1. The molecule has 1 amide bonds. The molecule has 0 saturated heterocycles. The Morgan fingerprint density at radius 3 is 2.81 bits per heavy atom. The fourth-order valence-corrected chi connectivity index (χ4v) is 3.98. The van der Waals surface area contributed by atoms with E-state index in [1.54, 1.807) is 18.3 Å². The first-order valence-corrected chi connectivity index (χ1v) is 9.96. The molecule has 0 aliphatic heterocycles. The lowest BCUT2D eigenvalue weighted by molar-refractivity contribution is -0.116. The van der Waals surface area contributed by atoms with Crippen molar-refractivity contribution in [3.05, 3.63) is 70.4 Å². The Balaban J connectivity index is 1.26. The van der Waals surface area contributed by atoms with Crippen molar-refractivity contribution in [3.8, 4) is 0 Å². The van der Waals surface area contributed by atoms with Crippen LogP contribution in [0.25, 0.3) is 0 Å². The maximum atomic E-state index is 13.0. The molecule has 6 heteroatoms. The van der Waals surface area contributed by atoms with Gasteiger partial charge >= 0.3 is 0 Å². The van der Waals surface area contributed by atoms with E-state index in [4.69, 9.17) is 4.42 Å². The number of amides is 1. The molecule has 1 aromatic carbocycles. The molecule has 2 heterocycles. The third kappa shape index (κ3) is 4.63. The number of nitrogens with zero attached hydrogens (tertiary/aromatic N) is 1. The van der Waals surface area contributed by atoms with E-state index in [1.165, 1.54) is 29.9 Å². The highest BCUT2D eigenvalue weighted by Gasteiger charge is 2.36. The summed E-state index contributed by atoms with van der Waals surface area (Å²) in [5, 5.41) is 3.43. The summed E-state index contributed by atoms with van der Waals surface area (Å²) < 4.78 is 18.8. The first kappa shape index (κ1) is 17.9. The number of thiazole rings is 1. The lowest BCUT2D eigenvalue weighted by atomic mass is 10.1. The zero-order chi connectivity index (χ0) is 18.8. The van der Waals surface area contributed by atoms with Gasteiger partial charge in [0.2, 0.25) is 5.91 Å². The van der Waals surface area contributed by atoms with E-state index in [2.05, 4.69) is 17.2 Å². The summed E-state index contributed by atoms with van der Waals surface area (Å²) in [6.07, 6.45) is 4.56. The third-order valence-corrected chi connectivity index (χ3v) is 5.76. The molecule has 3 aromatic rings. The number of aromatic nitrogens is 1. The summed E-state index contributed by atoms with van der Waals surface area (Å²) in [5.41, 5.74) is 1.01. The molecule has 0 bridgehead atoms. The van der Waals surface area contributed by atoms with Crippen LogP contribution in [0, 0.1) is 11.7 Å². The molecule has 0 spiro atoms. The minimum absolute atomic E-state index is 0.0737. The van der Waals surface area contributed by atoms with Crippen LogP contribution < -0.4 is 5.32 Å². The highest BCUT2D eigenvalue weighted by molar-refractivity contribution is 7.15. The van der Waals surface area contributed by atoms with Crippen molar-refractivity contribution >= 4 is 22.4 Å². The third-order valence-electron chi connectivity index (χ3n) is 4.85. The Kier molecular flexibility index (Phi) is 5.07. The molecule has 1 N–H and O–H groups in total. The van der Waals surface area contributed by atoms with E-state index < -0.39 is 0 Å². The number of benzene rings is 1. The zero-order valence-electron chi connectivity index (χ0n) is 15.1. The topological polar surface area (TPSA) is 55.1 Å². The molecule has 27 heavy (non-hydrogen) atoms. The van der Waals surface area contributed by atoms with Gasteiger partial charge in [-0.3, -0.25) is 4.79 Å². The number of nitrogens with one attached hydrogen (secondary N) is 1. The van der Waals surface area contributed by atoms with E-state index >= 15 is 0 Å². The number of hydrogen-bond acceptors (Lipinski definition) is 4. The Morgan fingerprint density at radius 1 is 1.30 bits per heavy atom. The van der Waals surface area contributed by atoms with Gasteiger partial charge in [0.05, 0.1) is 0 Å². The van der Waals surface area contributed by atoms with Crippen molar-refractivity contribution in [1.29, 1.82) is 0 Å². The summed E-state index contributed by atoms with van der Waals surface area (Å²) >= 11 is 1.44. The van der Waals surface area contributed by atoms with Crippen LogP contribution in [0.15, 0.2) is 47.0 Å². The van der Waals surface area contributed by atoms with Gasteiger partial charge in [0, 0.05) is 36.3 Å². The van der Waals surface area contributed by atoms with E-state index in [0.29, 0.717) is 36.2 Å². The molecule has 0 unspecified atom stereocenters. The fraction of sp³-hybridized carbons (Fsp3) is 0.333. The largest absolute Gasteiger partial charge is 0.466 e. The molecule has 4 nitrogen and oxygen atoms in total. The number of carbonyl (C=O) groups is 1. The van der Waals surface area contributed by atoms with E-state index in [1.807, 2.05) is 12.1 Å². The van der Waals surface area contributed by atoms with Crippen molar-refractivity contribution in [2.45, 2.75) is 38.5 Å². The minimum Gasteiger partial charge on any atom is -0.466 e. The second-order valence-electron chi connectivity index (χ2n) is 7.11. The molecule has 0 radical (unpaired) electrons. The SMILES string of the molecule is C[C@@H]1C[C@@H]1c1ccc(CCC(=O)Nc2ncc(Cc3ccc(F)cc3)s2)o1. The van der Waals surface area contributed by atoms with Crippen molar-refractivity contribution in [1.82, 2.24) is 4.98 Å². The van der Waals surface area contributed by atoms with Crippen molar-refractivity contribution in [2.75, 3.05) is 5.32 Å². The van der Waals surface area contributed by atoms with Gasteiger partial charge in [-0.05, 0) is 42.2 Å². The summed E-state index contributed by atoms with van der Waals surface area (Å²) in [4.78, 5) is 17.4. The highest BCUT2D eigenvalue weighted by Crippen LogP contribution is 2.47. The van der Waals surface area contributed by atoms with E-state index in [-0.39, 0.29) is 11.7 Å². The van der Waals surface area contributed by atoms with Crippen LogP contribution in [0.4, 0.5) is 9.52 Å². The summed E-state index contributed by atoms with van der Waals surface area (Å²) in [7, 11) is 0. The first-order valence-electron chi connectivity index (χ1n) is 9.14. The van der Waals surface area contributed by atoms with Gasteiger partial charge in [-0.25, -0.2) is 9.37 Å². The zero-order valence-corrected chi connectivity index (χ0v) is 15.9. The first-order chi connectivity index (χ1) is 13.1. The number of anilines is 1. The molecule has 1 saturated carbocycles. The average Bonchev–Trinajstić information content (AvgIpc) is 3.04. The Morgan fingerprint density at radius 2 is 2.07 bits per heavy atom. The number of aryl methyl sites for hydroxylation is 1. The molecule has 140 valence electrons. The molecule has 1 aliphatic rings. The predicted molar refractivity (Wildman–Crippen MR) is 104 cm³/mol. The molecule has 2 atom stereocenters. The summed E-state index contributed by atoms with van der Waals surface area (Å²) in [6, 6.07) is 10.4. The van der Waals surface area contributed by atoms with Crippen LogP contribution in [0.5, 0.6) is 0 Å². The highest BCUT2D eigenvalue weighted by atomic mass is 32.1. The van der Waals surface area contributed by atoms with Crippen LogP contribution in [0.1, 0.15) is 47.6 Å². The standard InChI is InChI=1S/C21H21FN2O2S/c1-13-10-18(13)19-8-6-16(26-19)7-9-20(25)24-21-23-12-17(27-21)11-14-2-4-15(22)5-3-14/h2-6,8,12-13,18H,7,9-11H2,1H3,(H,23,24,25)/t13-,18+/m1/s1. The number of hydrogen-bond donors (Lipinski definition) is 1. The number of carbonyl (C=O) groups excluding carboxylic acids is 1. The second kappa shape index (κ2) is 7.64. The maximum Gasteiger partial charge on any atom is 0.226 e. The van der Waals surface area contributed by atoms with Gasteiger partial charge in [-0.1, -0.05) is 19.1 Å². The number of halogens is 1. The summed E-state index contributed by atoms with van der Waals surface area (Å²) in [6.45, 7) is 2.22. The van der Waals surface area contributed by atoms with Crippen LogP contribution >= 0.6 is 11.3 Å². The second-order valence-corrected chi connectivity index (χ2v) is 8.22. The van der Waals surface area contributed by atoms with Gasteiger partial charge < -0.3 is 9.73 Å². The normalized spacial score (nSPS) is 18.4. The predicted octanol–water partition coefficient (Wildman–Crippen LogP) is 5.16. The van der Waals surface area contributed by atoms with Gasteiger partial charge in [-0.2, -0.15) is 0 Å². The van der Waals surface area contributed by atoms with Crippen LogP contribution in [-0.2, 0) is 17.6 Å². The Labute approximate surface area is 161 Å². The fourth-order valence-electron chi connectivity index (χ4n) is 3.12. The average molecular weight is 384 g/mol. The van der Waals surface area contributed by atoms with Gasteiger partial charge in [-0.15, -0.1) is 11.3 Å². The smallest absolute Gasteiger partial charge is 0.226 e. The quantitative estimate of drug-likeness (QED) is 0.612. The molecular weight excluding hydrogens is 363 g/mol. The van der Waals surface area contributed by atoms with Crippen LogP contribution in [0.2, 0.25) is 0 Å². The maximum absolute atomic E-state index is 13.0. The van der Waals surface area contributed by atoms with Gasteiger partial charge in [0.1, 0.15) is 17.3 Å². The van der Waals surface area contributed by atoms with Crippen molar-refractivity contribution in [3.63, 3.8) is 0 Å². The van der Waals surface area contributed by atoms with Crippen molar-refractivity contribution < 1.29 is 13.6 Å². The lowest BCUT2D eigenvalue weighted by Crippen LogP contribution is -2.11. The Hall–Kier alpha value is -2.47. The number of rotatable bonds is 7. The lowest BCUT2D eigenvalue weighted by Gasteiger charge is -2.00. The van der Waals surface area contributed by atoms with Gasteiger partial charge in [0.15, 0.2) is 5.13 Å². The van der Waals surface area contributed by atoms with E-state index in [9.17, 15) is 9.18 Å². The van der Waals surface area contributed by atoms with Gasteiger partial charge in [0.25, 0.3) is 0 Å². The minimum atomic E-state index is -0.244. The molecule has 2 aromatic heterocycles. The monoisotopic (exact) mass is 384 g/mol. The van der Waals surface area contributed by atoms with Crippen molar-refractivity contribution in [2.24, 2.45) is 5.92 Å². The Bertz CT molecular complexity index is 932. The van der Waals surface area contributed by atoms with Crippen LogP contribution in [-0.4, -0.2) is 10.9 Å². The summed E-state index contributed by atoms with van der Waals surface area (Å²) in [5.74, 6) is 2.85.